The van der Waals surface area contributed by atoms with Crippen LogP contribution in [0.3, 0.4) is 0 Å². The van der Waals surface area contributed by atoms with Crippen molar-refractivity contribution in [2.24, 2.45) is 5.92 Å². The lowest BCUT2D eigenvalue weighted by Crippen LogP contribution is -2.04. The molecule has 0 saturated carbocycles. The third kappa shape index (κ3) is 4.42. The summed E-state index contributed by atoms with van der Waals surface area (Å²) in [5.41, 5.74) is 2.36. The molecule has 1 atom stereocenters. The zero-order valence-corrected chi connectivity index (χ0v) is 11.3. The molecule has 0 saturated heterocycles. The van der Waals surface area contributed by atoms with Gasteiger partial charge in [-0.3, -0.25) is 0 Å². The molecule has 0 aliphatic carbocycles. The molecule has 2 aromatic carbocycles. The molecule has 0 amide bonds. The number of ether oxygens (including phenoxy) is 1. The van der Waals surface area contributed by atoms with E-state index in [0.29, 0.717) is 6.61 Å². The van der Waals surface area contributed by atoms with Crippen molar-refractivity contribution >= 4 is 0 Å². The Bertz CT molecular complexity index is 494. The van der Waals surface area contributed by atoms with Gasteiger partial charge in [0, 0.05) is 6.61 Å². The van der Waals surface area contributed by atoms with Gasteiger partial charge in [0.2, 0.25) is 0 Å². The first-order chi connectivity index (χ1) is 9.28. The molecule has 0 bridgehead atoms. The smallest absolute Gasteiger partial charge is 0.120 e. The van der Waals surface area contributed by atoms with Crippen LogP contribution < -0.4 is 4.74 Å². The van der Waals surface area contributed by atoms with Gasteiger partial charge in [-0.25, -0.2) is 0 Å². The van der Waals surface area contributed by atoms with Gasteiger partial charge in [0.1, 0.15) is 12.4 Å². The number of aliphatic hydroxyl groups is 1. The maximum absolute atomic E-state index is 9.09. The fourth-order valence-corrected chi connectivity index (χ4v) is 1.97. The summed E-state index contributed by atoms with van der Waals surface area (Å²) in [6.07, 6.45) is 0.874. The summed E-state index contributed by atoms with van der Waals surface area (Å²) < 4.78 is 5.79. The van der Waals surface area contributed by atoms with Gasteiger partial charge in [-0.15, -0.1) is 0 Å². The Morgan fingerprint density at radius 2 is 1.74 bits per heavy atom. The summed E-state index contributed by atoms with van der Waals surface area (Å²) in [4.78, 5) is 0. The van der Waals surface area contributed by atoms with E-state index >= 15 is 0 Å². The lowest BCUT2D eigenvalue weighted by atomic mass is 10.0. The molecule has 1 unspecified atom stereocenters. The summed E-state index contributed by atoms with van der Waals surface area (Å²) in [5.74, 6) is 1.16. The fourth-order valence-electron chi connectivity index (χ4n) is 1.97. The van der Waals surface area contributed by atoms with Crippen molar-refractivity contribution in [3.63, 3.8) is 0 Å². The van der Waals surface area contributed by atoms with Crippen molar-refractivity contribution in [3.05, 3.63) is 65.7 Å². The minimum absolute atomic E-state index is 0.217. The Hall–Kier alpha value is -1.80. The highest BCUT2D eigenvalue weighted by Crippen LogP contribution is 2.17. The summed E-state index contributed by atoms with van der Waals surface area (Å²) in [7, 11) is 0. The van der Waals surface area contributed by atoms with Crippen LogP contribution in [-0.4, -0.2) is 11.7 Å². The van der Waals surface area contributed by atoms with E-state index in [0.717, 1.165) is 17.7 Å². The van der Waals surface area contributed by atoms with Gasteiger partial charge < -0.3 is 9.84 Å². The second kappa shape index (κ2) is 6.95. The van der Waals surface area contributed by atoms with E-state index in [1.54, 1.807) is 0 Å². The molecule has 2 nitrogen and oxygen atoms in total. The van der Waals surface area contributed by atoms with Crippen molar-refractivity contribution in [1.29, 1.82) is 0 Å². The number of benzene rings is 2. The third-order valence-corrected chi connectivity index (χ3v) is 3.04. The first kappa shape index (κ1) is 13.6. The Morgan fingerprint density at radius 3 is 2.47 bits per heavy atom. The highest BCUT2D eigenvalue weighted by atomic mass is 16.5. The quantitative estimate of drug-likeness (QED) is 0.858. The molecule has 0 aliphatic rings. The van der Waals surface area contributed by atoms with Crippen LogP contribution in [0.2, 0.25) is 0 Å². The zero-order valence-electron chi connectivity index (χ0n) is 11.3. The lowest BCUT2D eigenvalue weighted by Gasteiger charge is -2.10. The van der Waals surface area contributed by atoms with Crippen LogP contribution in [0.4, 0.5) is 0 Å². The average molecular weight is 256 g/mol. The molecule has 100 valence electrons. The summed E-state index contributed by atoms with van der Waals surface area (Å²) in [6.45, 7) is 2.84. The molecule has 19 heavy (non-hydrogen) atoms. The standard InChI is InChI=1S/C17H20O2/c1-14(12-18)10-16-8-5-9-17(11-16)19-13-15-6-3-2-4-7-15/h2-9,11,14,18H,10,12-13H2,1H3. The maximum Gasteiger partial charge on any atom is 0.120 e. The second-order valence-corrected chi connectivity index (χ2v) is 4.91. The monoisotopic (exact) mass is 256 g/mol. The molecule has 0 radical (unpaired) electrons. The van der Waals surface area contributed by atoms with Gasteiger partial charge in [0.25, 0.3) is 0 Å². The highest BCUT2D eigenvalue weighted by molar-refractivity contribution is 5.29. The van der Waals surface area contributed by atoms with Gasteiger partial charge in [0.15, 0.2) is 0 Å². The van der Waals surface area contributed by atoms with Gasteiger partial charge in [0.05, 0.1) is 0 Å². The van der Waals surface area contributed by atoms with Gasteiger partial charge in [-0.2, -0.15) is 0 Å². The number of aliphatic hydroxyl groups excluding tert-OH is 1. The summed E-state index contributed by atoms with van der Waals surface area (Å²) in [5, 5.41) is 9.09. The molecule has 0 aromatic heterocycles. The Balaban J connectivity index is 1.95. The zero-order chi connectivity index (χ0) is 13.5. The number of hydrogen-bond donors (Lipinski definition) is 1. The molecule has 1 N–H and O–H groups in total. The molecule has 0 spiro atoms. The lowest BCUT2D eigenvalue weighted by molar-refractivity contribution is 0.237. The van der Waals surface area contributed by atoms with Gasteiger partial charge >= 0.3 is 0 Å². The SMILES string of the molecule is CC(CO)Cc1cccc(OCc2ccccc2)c1. The molecule has 2 rings (SSSR count). The molecule has 0 aliphatic heterocycles. The van der Waals surface area contributed by atoms with Crippen molar-refractivity contribution in [2.75, 3.05) is 6.61 Å². The molecular formula is C17H20O2. The van der Waals surface area contributed by atoms with E-state index < -0.39 is 0 Å². The number of rotatable bonds is 6. The second-order valence-electron chi connectivity index (χ2n) is 4.91. The average Bonchev–Trinajstić information content (AvgIpc) is 2.46. The third-order valence-electron chi connectivity index (χ3n) is 3.04. The predicted octanol–water partition coefficient (Wildman–Crippen LogP) is 3.44. The minimum Gasteiger partial charge on any atom is -0.489 e. The van der Waals surface area contributed by atoms with Crippen molar-refractivity contribution in [1.82, 2.24) is 0 Å². The summed E-state index contributed by atoms with van der Waals surface area (Å²) >= 11 is 0. The topological polar surface area (TPSA) is 29.5 Å². The Morgan fingerprint density at radius 1 is 1.00 bits per heavy atom. The van der Waals surface area contributed by atoms with Gasteiger partial charge in [-0.1, -0.05) is 49.4 Å². The molecule has 0 heterocycles. The van der Waals surface area contributed by atoms with Crippen LogP contribution in [0, 0.1) is 5.92 Å². The molecule has 0 fully saturated rings. The number of hydrogen-bond acceptors (Lipinski definition) is 2. The molecule has 2 aromatic rings. The van der Waals surface area contributed by atoms with Crippen molar-refractivity contribution in [3.8, 4) is 5.75 Å². The fraction of sp³-hybridized carbons (Fsp3) is 0.294. The highest BCUT2D eigenvalue weighted by Gasteiger charge is 2.03. The van der Waals surface area contributed by atoms with Gasteiger partial charge in [-0.05, 0) is 35.6 Å². The van der Waals surface area contributed by atoms with E-state index in [1.807, 2.05) is 37.3 Å². The van der Waals surface area contributed by atoms with Crippen LogP contribution in [0.15, 0.2) is 54.6 Å². The first-order valence-corrected chi connectivity index (χ1v) is 6.64. The van der Waals surface area contributed by atoms with E-state index in [2.05, 4.69) is 24.3 Å². The molecule has 2 heteroatoms. The first-order valence-electron chi connectivity index (χ1n) is 6.64. The van der Waals surface area contributed by atoms with Crippen LogP contribution in [0.25, 0.3) is 0 Å². The van der Waals surface area contributed by atoms with Crippen molar-refractivity contribution in [2.45, 2.75) is 20.0 Å². The van der Waals surface area contributed by atoms with Crippen LogP contribution >= 0.6 is 0 Å². The van der Waals surface area contributed by atoms with Crippen LogP contribution in [-0.2, 0) is 13.0 Å². The van der Waals surface area contributed by atoms with E-state index in [4.69, 9.17) is 9.84 Å². The Labute approximate surface area is 114 Å². The van der Waals surface area contributed by atoms with Crippen LogP contribution in [0.5, 0.6) is 5.75 Å². The molecular weight excluding hydrogens is 236 g/mol. The maximum atomic E-state index is 9.09. The van der Waals surface area contributed by atoms with Crippen LogP contribution in [0.1, 0.15) is 18.1 Å². The normalized spacial score (nSPS) is 12.1. The summed E-state index contributed by atoms with van der Waals surface area (Å²) in [6, 6.07) is 18.2. The minimum atomic E-state index is 0.217. The van der Waals surface area contributed by atoms with E-state index in [-0.39, 0.29) is 12.5 Å². The van der Waals surface area contributed by atoms with E-state index in [9.17, 15) is 0 Å². The largest absolute Gasteiger partial charge is 0.489 e. The predicted molar refractivity (Wildman–Crippen MR) is 77.2 cm³/mol. The van der Waals surface area contributed by atoms with Crippen molar-refractivity contribution < 1.29 is 9.84 Å². The van der Waals surface area contributed by atoms with E-state index in [1.165, 1.54) is 5.56 Å². The Kier molecular flexibility index (Phi) is 4.99.